The highest BCUT2D eigenvalue weighted by Gasteiger charge is 2.11. The lowest BCUT2D eigenvalue weighted by molar-refractivity contribution is 0.0697. The fraction of sp³-hybridized carbons (Fsp3) is 0.182. The van der Waals surface area contributed by atoms with Crippen molar-refractivity contribution >= 4 is 17.9 Å². The van der Waals surface area contributed by atoms with Gasteiger partial charge in [-0.15, -0.1) is 0 Å². The van der Waals surface area contributed by atoms with Gasteiger partial charge in [0.15, 0.2) is 0 Å². The highest BCUT2D eigenvalue weighted by molar-refractivity contribution is 5.88. The third-order valence-corrected chi connectivity index (χ3v) is 4.54. The van der Waals surface area contributed by atoms with Crippen LogP contribution in [-0.4, -0.2) is 21.9 Å². The molecule has 0 aliphatic rings. The summed E-state index contributed by atoms with van der Waals surface area (Å²) in [6, 6.07) is 15.1. The number of carboxylic acids is 1. The van der Waals surface area contributed by atoms with E-state index in [-0.39, 0.29) is 5.56 Å². The van der Waals surface area contributed by atoms with Crippen molar-refractivity contribution < 1.29 is 9.90 Å². The standard InChI is InChI=1S/C22H22N2O2/c1-14-5-6-15(2)21(11-14)24-16(3)12-19(17(24)4)13-23-20-9-7-18(8-10-20)22(25)26/h5-13H,1-4H3,(H,25,26). The van der Waals surface area contributed by atoms with Crippen LogP contribution in [0.25, 0.3) is 5.69 Å². The molecule has 0 radical (unpaired) electrons. The van der Waals surface area contributed by atoms with Gasteiger partial charge in [-0.3, -0.25) is 4.99 Å². The van der Waals surface area contributed by atoms with E-state index in [1.54, 1.807) is 24.3 Å². The molecule has 0 aliphatic heterocycles. The Kier molecular flexibility index (Phi) is 4.76. The van der Waals surface area contributed by atoms with Crippen molar-refractivity contribution in [3.8, 4) is 5.69 Å². The van der Waals surface area contributed by atoms with Crippen LogP contribution in [-0.2, 0) is 0 Å². The zero-order valence-corrected chi connectivity index (χ0v) is 15.4. The van der Waals surface area contributed by atoms with Crippen LogP contribution in [0.15, 0.2) is 53.5 Å². The van der Waals surface area contributed by atoms with E-state index < -0.39 is 5.97 Å². The van der Waals surface area contributed by atoms with Gasteiger partial charge in [0, 0.05) is 28.9 Å². The fourth-order valence-electron chi connectivity index (χ4n) is 3.08. The third-order valence-electron chi connectivity index (χ3n) is 4.54. The third kappa shape index (κ3) is 3.45. The minimum Gasteiger partial charge on any atom is -0.478 e. The molecule has 0 fully saturated rings. The molecule has 3 rings (SSSR count). The summed E-state index contributed by atoms with van der Waals surface area (Å²) in [5.74, 6) is -0.933. The molecule has 0 spiro atoms. The summed E-state index contributed by atoms with van der Waals surface area (Å²) in [5.41, 5.74) is 7.96. The summed E-state index contributed by atoms with van der Waals surface area (Å²) in [5, 5.41) is 8.96. The maximum absolute atomic E-state index is 10.9. The summed E-state index contributed by atoms with van der Waals surface area (Å²) >= 11 is 0. The van der Waals surface area contributed by atoms with Crippen molar-refractivity contribution in [2.75, 3.05) is 0 Å². The summed E-state index contributed by atoms with van der Waals surface area (Å²) in [4.78, 5) is 15.4. The molecule has 1 aromatic heterocycles. The average molecular weight is 346 g/mol. The predicted molar refractivity (Wildman–Crippen MR) is 105 cm³/mol. The van der Waals surface area contributed by atoms with Crippen molar-refractivity contribution in [3.05, 3.63) is 82.2 Å². The Labute approximate surface area is 153 Å². The van der Waals surface area contributed by atoms with Gasteiger partial charge in [-0.05, 0) is 75.2 Å². The van der Waals surface area contributed by atoms with Gasteiger partial charge in [0.1, 0.15) is 0 Å². The average Bonchev–Trinajstić information content (AvgIpc) is 2.89. The first-order valence-corrected chi connectivity index (χ1v) is 8.51. The van der Waals surface area contributed by atoms with Crippen molar-refractivity contribution in [1.82, 2.24) is 4.57 Å². The van der Waals surface area contributed by atoms with E-state index in [0.717, 1.165) is 22.6 Å². The number of hydrogen-bond donors (Lipinski definition) is 1. The number of nitrogens with zero attached hydrogens (tertiary/aromatic N) is 2. The van der Waals surface area contributed by atoms with Crippen LogP contribution < -0.4 is 0 Å². The number of aliphatic imine (C=N–C) groups is 1. The van der Waals surface area contributed by atoms with Gasteiger partial charge in [-0.25, -0.2) is 4.79 Å². The zero-order chi connectivity index (χ0) is 18.8. The number of benzene rings is 2. The van der Waals surface area contributed by atoms with Crippen molar-refractivity contribution in [3.63, 3.8) is 0 Å². The lowest BCUT2D eigenvalue weighted by Crippen LogP contribution is -2.02. The predicted octanol–water partition coefficient (Wildman–Crippen LogP) is 5.16. The quantitative estimate of drug-likeness (QED) is 0.663. The van der Waals surface area contributed by atoms with Gasteiger partial charge in [0.2, 0.25) is 0 Å². The number of carbonyl (C=O) groups is 1. The Morgan fingerprint density at radius 3 is 2.35 bits per heavy atom. The highest BCUT2D eigenvalue weighted by Crippen LogP contribution is 2.24. The molecule has 3 aromatic rings. The van der Waals surface area contributed by atoms with Crippen LogP contribution in [0.1, 0.15) is 38.4 Å². The molecule has 0 unspecified atom stereocenters. The monoisotopic (exact) mass is 346 g/mol. The van der Waals surface area contributed by atoms with Crippen LogP contribution >= 0.6 is 0 Å². The van der Waals surface area contributed by atoms with Gasteiger partial charge in [0.25, 0.3) is 0 Å². The molecule has 1 heterocycles. The van der Waals surface area contributed by atoms with Gasteiger partial charge in [-0.1, -0.05) is 12.1 Å². The van der Waals surface area contributed by atoms with Crippen LogP contribution in [0, 0.1) is 27.7 Å². The van der Waals surface area contributed by atoms with Crippen LogP contribution in [0.4, 0.5) is 5.69 Å². The summed E-state index contributed by atoms with van der Waals surface area (Å²) in [7, 11) is 0. The fourth-order valence-corrected chi connectivity index (χ4v) is 3.08. The van der Waals surface area contributed by atoms with E-state index >= 15 is 0 Å². The molecule has 1 N–H and O–H groups in total. The van der Waals surface area contributed by atoms with Gasteiger partial charge < -0.3 is 9.67 Å². The minimum atomic E-state index is -0.933. The molecular formula is C22H22N2O2. The summed E-state index contributed by atoms with van der Waals surface area (Å²) < 4.78 is 2.25. The number of aryl methyl sites for hydroxylation is 3. The van der Waals surface area contributed by atoms with Crippen LogP contribution in [0.3, 0.4) is 0 Å². The van der Waals surface area contributed by atoms with E-state index in [0.29, 0.717) is 0 Å². The molecule has 0 saturated heterocycles. The molecule has 2 aromatic carbocycles. The van der Waals surface area contributed by atoms with E-state index in [1.165, 1.54) is 16.8 Å². The first kappa shape index (κ1) is 17.7. The van der Waals surface area contributed by atoms with Gasteiger partial charge in [-0.2, -0.15) is 0 Å². The minimum absolute atomic E-state index is 0.261. The maximum atomic E-state index is 10.9. The molecule has 26 heavy (non-hydrogen) atoms. The normalized spacial score (nSPS) is 11.2. The molecular weight excluding hydrogens is 324 g/mol. The van der Waals surface area contributed by atoms with Crippen molar-refractivity contribution in [2.24, 2.45) is 4.99 Å². The first-order valence-electron chi connectivity index (χ1n) is 8.51. The Morgan fingerprint density at radius 2 is 1.69 bits per heavy atom. The van der Waals surface area contributed by atoms with E-state index in [4.69, 9.17) is 5.11 Å². The van der Waals surface area contributed by atoms with Crippen LogP contribution in [0.5, 0.6) is 0 Å². The molecule has 0 atom stereocenters. The van der Waals surface area contributed by atoms with E-state index in [1.807, 2.05) is 6.21 Å². The molecule has 4 nitrogen and oxygen atoms in total. The number of carboxylic acid groups (broad SMARTS) is 1. The highest BCUT2D eigenvalue weighted by atomic mass is 16.4. The second-order valence-corrected chi connectivity index (χ2v) is 6.56. The first-order chi connectivity index (χ1) is 12.4. The largest absolute Gasteiger partial charge is 0.478 e. The molecule has 0 amide bonds. The number of aromatic carboxylic acids is 1. The Bertz CT molecular complexity index is 996. The summed E-state index contributed by atoms with van der Waals surface area (Å²) in [6.07, 6.45) is 1.83. The van der Waals surface area contributed by atoms with Crippen LogP contribution in [0.2, 0.25) is 0 Å². The second-order valence-electron chi connectivity index (χ2n) is 6.56. The molecule has 0 bridgehead atoms. The maximum Gasteiger partial charge on any atom is 0.335 e. The molecule has 4 heteroatoms. The topological polar surface area (TPSA) is 54.6 Å². The summed E-state index contributed by atoms with van der Waals surface area (Å²) in [6.45, 7) is 8.39. The molecule has 0 saturated carbocycles. The Balaban J connectivity index is 1.95. The van der Waals surface area contributed by atoms with Crippen molar-refractivity contribution in [1.29, 1.82) is 0 Å². The molecule has 132 valence electrons. The molecule has 0 aliphatic carbocycles. The lowest BCUT2D eigenvalue weighted by atomic mass is 10.1. The SMILES string of the molecule is Cc1ccc(C)c(-n2c(C)cc(C=Nc3ccc(C(=O)O)cc3)c2C)c1. The number of aromatic nitrogens is 1. The van der Waals surface area contributed by atoms with E-state index in [9.17, 15) is 4.79 Å². The lowest BCUT2D eigenvalue weighted by Gasteiger charge is -2.13. The zero-order valence-electron chi connectivity index (χ0n) is 15.4. The smallest absolute Gasteiger partial charge is 0.335 e. The van der Waals surface area contributed by atoms with Crippen molar-refractivity contribution in [2.45, 2.75) is 27.7 Å². The van der Waals surface area contributed by atoms with Gasteiger partial charge >= 0.3 is 5.97 Å². The van der Waals surface area contributed by atoms with Gasteiger partial charge in [0.05, 0.1) is 11.3 Å². The Morgan fingerprint density at radius 1 is 1.00 bits per heavy atom. The Hall–Kier alpha value is -3.14. The second kappa shape index (κ2) is 7.00. The van der Waals surface area contributed by atoms with E-state index in [2.05, 4.69) is 61.5 Å². The number of rotatable bonds is 4. The number of hydrogen-bond acceptors (Lipinski definition) is 2.